The molecule has 0 spiro atoms. The van der Waals surface area contributed by atoms with Crippen LogP contribution in [-0.2, 0) is 33.0 Å². The van der Waals surface area contributed by atoms with Gasteiger partial charge in [-0.05, 0) is 62.7 Å². The summed E-state index contributed by atoms with van der Waals surface area (Å²) in [6.07, 6.45) is 30.1. The van der Waals surface area contributed by atoms with Gasteiger partial charge < -0.3 is 29.6 Å². The van der Waals surface area contributed by atoms with Crippen LogP contribution < -0.4 is 10.6 Å². The Hall–Kier alpha value is 1.32. The molecule has 4 aliphatic rings. The molecule has 40 heavy (non-hydrogen) atoms. The van der Waals surface area contributed by atoms with Crippen molar-refractivity contribution >= 4 is 45.5 Å². The molecule has 4 fully saturated rings. The van der Waals surface area contributed by atoms with Crippen molar-refractivity contribution in [2.45, 2.75) is 151 Å². The van der Waals surface area contributed by atoms with Crippen LogP contribution >= 0.6 is 34.9 Å². The third-order valence-corrected chi connectivity index (χ3v) is 16.8. The van der Waals surface area contributed by atoms with Gasteiger partial charge in [0.15, 0.2) is 0 Å². The van der Waals surface area contributed by atoms with E-state index >= 15 is 0 Å². The minimum atomic E-state index is -0.106. The van der Waals surface area contributed by atoms with Crippen molar-refractivity contribution in [3.63, 3.8) is 0 Å². The summed E-state index contributed by atoms with van der Waals surface area (Å²) in [5.74, 6) is 0. The molecule has 6 rings (SSSR count). The average molecular weight is 756 g/mol. The maximum atomic E-state index is 4.81. The molecule has 0 heterocycles. The summed E-state index contributed by atoms with van der Waals surface area (Å²) in [6.45, 7) is 0. The fourth-order valence-corrected chi connectivity index (χ4v) is 15.5. The Morgan fingerprint density at radius 1 is 0.525 bits per heavy atom. The van der Waals surface area contributed by atoms with Crippen LogP contribution in [0.5, 0.6) is 0 Å². The van der Waals surface area contributed by atoms with Crippen molar-refractivity contribution in [2.24, 2.45) is 0 Å². The number of halogens is 2. The van der Waals surface area contributed by atoms with Crippen LogP contribution in [0.15, 0.2) is 48.5 Å². The second-order valence-electron chi connectivity index (χ2n) is 12.3. The molecule has 4 saturated carbocycles. The Labute approximate surface area is 276 Å². The monoisotopic (exact) mass is 754 g/mol. The largest absolute Gasteiger partial charge is 0.747 e. The van der Waals surface area contributed by atoms with E-state index in [2.05, 4.69) is 48.5 Å². The van der Waals surface area contributed by atoms with Crippen LogP contribution in [0.2, 0.25) is 0 Å². The first-order chi connectivity index (χ1) is 19.3. The molecule has 236 valence electrons. The zero-order valence-corrected chi connectivity index (χ0v) is 30.3. The molecule has 2 aromatic carbocycles. The number of hydrogen-bond donors (Lipinski definition) is 0. The van der Waals surface area contributed by atoms with Gasteiger partial charge in [-0.2, -0.15) is 12.1 Å². The summed E-state index contributed by atoms with van der Waals surface area (Å²) < 4.78 is 0. The smallest absolute Gasteiger partial charge is 0 e. The zero-order valence-electron chi connectivity index (χ0n) is 24.4. The van der Waals surface area contributed by atoms with Crippen molar-refractivity contribution in [3.05, 3.63) is 48.5 Å². The van der Waals surface area contributed by atoms with E-state index in [0.717, 1.165) is 22.6 Å². The Morgan fingerprint density at radius 2 is 0.825 bits per heavy atom. The van der Waals surface area contributed by atoms with Crippen molar-refractivity contribution in [3.8, 4) is 0 Å². The number of hydrogen-bond acceptors (Lipinski definition) is 0. The molecule has 0 aliphatic heterocycles. The minimum absolute atomic E-state index is 0. The Kier molecular flexibility index (Phi) is 18.9. The van der Waals surface area contributed by atoms with E-state index in [0.29, 0.717) is 0 Å². The third-order valence-electron chi connectivity index (χ3n) is 9.76. The third kappa shape index (κ3) is 11.4. The summed E-state index contributed by atoms with van der Waals surface area (Å²) in [4.78, 5) is 0. The molecule has 0 aromatic heterocycles. The van der Waals surface area contributed by atoms with Gasteiger partial charge in [0.2, 0.25) is 0 Å². The molecule has 0 atom stereocenters. The van der Waals surface area contributed by atoms with Gasteiger partial charge in [-0.25, -0.2) is 12.1 Å². The summed E-state index contributed by atoms with van der Waals surface area (Å²) in [5, 5.41) is 3.45. The molecule has 2 aromatic rings. The summed E-state index contributed by atoms with van der Waals surface area (Å²) >= 11 is -0.106. The molecule has 0 N–H and O–H groups in total. The van der Waals surface area contributed by atoms with Crippen LogP contribution in [0.25, 0.3) is 0 Å². The minimum Gasteiger partial charge on any atom is -0.747 e. The van der Waals surface area contributed by atoms with Gasteiger partial charge >= 0.3 is 35.0 Å². The van der Waals surface area contributed by atoms with Crippen molar-refractivity contribution in [1.29, 1.82) is 0 Å². The Morgan fingerprint density at radius 3 is 1.15 bits per heavy atom. The first kappa shape index (κ1) is 35.8. The van der Waals surface area contributed by atoms with E-state index < -0.39 is 0 Å². The first-order valence-electron chi connectivity index (χ1n) is 16.1. The van der Waals surface area contributed by atoms with Crippen molar-refractivity contribution in [1.82, 2.24) is 0 Å². The van der Waals surface area contributed by atoms with E-state index in [1.807, 2.05) is 0 Å². The van der Waals surface area contributed by atoms with E-state index in [4.69, 9.17) is 19.1 Å². The van der Waals surface area contributed by atoms with Gasteiger partial charge in [0.05, 0.1) is 0 Å². The molecule has 0 bridgehead atoms. The van der Waals surface area contributed by atoms with E-state index in [1.54, 1.807) is 10.6 Å². The molecule has 0 nitrogen and oxygen atoms in total. The van der Waals surface area contributed by atoms with Gasteiger partial charge in [0.1, 0.15) is 0 Å². The standard InChI is InChI=1S/2C17H26P.2ClH.Fe.Pd/c2*1-3-9-15(10-4-1)18(17-13-7-8-14-17)16-11-5-2-6-12-16;;;;/h2*7-8,13-16H,1-6,9-12H2;2*1H;;/q-5;-1;;;;+2/p-2. The van der Waals surface area contributed by atoms with Gasteiger partial charge in [-0.15, -0.1) is 13.2 Å². The summed E-state index contributed by atoms with van der Waals surface area (Å²) in [5.41, 5.74) is 4.22. The molecule has 4 aliphatic carbocycles. The van der Waals surface area contributed by atoms with E-state index in [9.17, 15) is 0 Å². The maximum absolute atomic E-state index is 4.81. The van der Waals surface area contributed by atoms with Crippen molar-refractivity contribution in [2.75, 3.05) is 0 Å². The molecule has 0 amide bonds. The van der Waals surface area contributed by atoms with Crippen molar-refractivity contribution < 1.29 is 33.0 Å². The van der Waals surface area contributed by atoms with Gasteiger partial charge in [0, 0.05) is 17.1 Å². The average Bonchev–Trinajstić information content (AvgIpc) is 3.72. The second kappa shape index (κ2) is 21.1. The van der Waals surface area contributed by atoms with Crippen LogP contribution in [0.4, 0.5) is 0 Å². The van der Waals surface area contributed by atoms with E-state index in [1.165, 1.54) is 128 Å². The molecule has 6 heteroatoms. The maximum Gasteiger partial charge on any atom is 0 e. The topological polar surface area (TPSA) is 0 Å². The first-order valence-corrected chi connectivity index (χ1v) is 23.1. The Balaban J connectivity index is 0.000000197. The molecule has 0 unspecified atom stereocenters. The van der Waals surface area contributed by atoms with Crippen LogP contribution in [0.3, 0.4) is 0 Å². The fourth-order valence-electron chi connectivity index (χ4n) is 7.95. The fraction of sp³-hybridized carbons (Fsp3) is 0.706. The SMILES string of the molecule is [Cl][Pd][Cl].[Fe].[cH-]1[cH-][cH-][c-](P(C2CCCCC2)C2CCCCC2)[cH-]1.c1cc[c-](P(C2CCCCC2)C2CCCCC2)c1. The van der Waals surface area contributed by atoms with Crippen LogP contribution in [0.1, 0.15) is 128 Å². The molecule has 0 saturated heterocycles. The number of rotatable bonds is 6. The van der Waals surface area contributed by atoms with Crippen LogP contribution in [-0.4, -0.2) is 22.6 Å². The predicted molar refractivity (Wildman–Crippen MR) is 176 cm³/mol. The van der Waals surface area contributed by atoms with Gasteiger partial charge in [-0.1, -0.05) is 88.4 Å². The van der Waals surface area contributed by atoms with Crippen LogP contribution in [0, 0.1) is 0 Å². The van der Waals surface area contributed by atoms with Gasteiger partial charge in [-0.3, -0.25) is 7.92 Å². The van der Waals surface area contributed by atoms with E-state index in [-0.39, 0.29) is 48.9 Å². The molecule has 0 radical (unpaired) electrons. The summed E-state index contributed by atoms with van der Waals surface area (Å²) in [7, 11) is 9.92. The zero-order chi connectivity index (χ0) is 27.1. The quantitative estimate of drug-likeness (QED) is 0.156. The van der Waals surface area contributed by atoms with Gasteiger partial charge in [0.25, 0.3) is 0 Å². The summed E-state index contributed by atoms with van der Waals surface area (Å²) in [6, 6.07) is 18.7. The predicted octanol–water partition coefficient (Wildman–Crippen LogP) is 11.7. The molecular weight excluding hydrogens is 703 g/mol. The molecular formula is C34H52Cl2FeP2Pd-6. The normalized spacial score (nSPS) is 21.8. The Bertz CT molecular complexity index is 731. The second-order valence-corrected chi connectivity index (χ2v) is 20.3.